The van der Waals surface area contributed by atoms with Gasteiger partial charge in [0.05, 0.1) is 7.11 Å². The van der Waals surface area contributed by atoms with E-state index >= 15 is 0 Å². The van der Waals surface area contributed by atoms with Gasteiger partial charge >= 0.3 is 5.97 Å². The predicted molar refractivity (Wildman–Crippen MR) is 61.1 cm³/mol. The number of ether oxygens (including phenoxy) is 1. The number of amides is 1. The highest BCUT2D eigenvalue weighted by atomic mass is 16.5. The third-order valence-electron chi connectivity index (χ3n) is 2.38. The maximum atomic E-state index is 11.7. The summed E-state index contributed by atoms with van der Waals surface area (Å²) in [6, 6.07) is 1.77. The first-order valence-electron chi connectivity index (χ1n) is 5.41. The molecule has 6 nitrogen and oxygen atoms in total. The summed E-state index contributed by atoms with van der Waals surface area (Å²) in [5.41, 5.74) is 0. The average molecular weight is 239 g/mol. The van der Waals surface area contributed by atoms with Gasteiger partial charge in [-0.25, -0.2) is 0 Å². The number of esters is 1. The Labute approximate surface area is 100 Å². The Hall–Kier alpha value is -1.85. The Morgan fingerprint density at radius 1 is 1.47 bits per heavy atom. The van der Waals surface area contributed by atoms with Gasteiger partial charge in [-0.3, -0.25) is 14.3 Å². The first-order chi connectivity index (χ1) is 8.13. The number of rotatable bonds is 6. The molecule has 0 aromatic carbocycles. The number of carbonyl (C=O) groups is 2. The minimum Gasteiger partial charge on any atom is -0.469 e. The van der Waals surface area contributed by atoms with Crippen LogP contribution in [0.3, 0.4) is 0 Å². The van der Waals surface area contributed by atoms with Crippen molar-refractivity contribution >= 4 is 11.9 Å². The molecule has 0 unspecified atom stereocenters. The van der Waals surface area contributed by atoms with Gasteiger partial charge < -0.3 is 9.64 Å². The van der Waals surface area contributed by atoms with Gasteiger partial charge in [-0.15, -0.1) is 0 Å². The molecule has 1 aromatic rings. The molecule has 0 saturated carbocycles. The van der Waals surface area contributed by atoms with Crippen molar-refractivity contribution in [3.8, 4) is 0 Å². The molecule has 0 atom stereocenters. The van der Waals surface area contributed by atoms with Crippen molar-refractivity contribution in [1.29, 1.82) is 0 Å². The van der Waals surface area contributed by atoms with Crippen LogP contribution in [0.5, 0.6) is 0 Å². The highest BCUT2D eigenvalue weighted by molar-refractivity contribution is 5.75. The van der Waals surface area contributed by atoms with Crippen LogP contribution in [0.2, 0.25) is 0 Å². The van der Waals surface area contributed by atoms with Crippen LogP contribution in [-0.2, 0) is 20.9 Å². The fourth-order valence-corrected chi connectivity index (χ4v) is 1.34. The smallest absolute Gasteiger partial charge is 0.305 e. The van der Waals surface area contributed by atoms with Gasteiger partial charge in [-0.1, -0.05) is 0 Å². The zero-order valence-electron chi connectivity index (χ0n) is 10.1. The number of carbonyl (C=O) groups excluding carboxylic acids is 2. The minimum atomic E-state index is -0.252. The van der Waals surface area contributed by atoms with Gasteiger partial charge in [0.15, 0.2) is 0 Å². The van der Waals surface area contributed by atoms with Gasteiger partial charge in [-0.05, 0) is 12.5 Å². The van der Waals surface area contributed by atoms with Crippen LogP contribution >= 0.6 is 0 Å². The molecular weight excluding hydrogens is 222 g/mol. The lowest BCUT2D eigenvalue weighted by Crippen LogP contribution is -2.31. The van der Waals surface area contributed by atoms with Gasteiger partial charge in [-0.2, -0.15) is 5.10 Å². The van der Waals surface area contributed by atoms with Crippen molar-refractivity contribution in [2.24, 2.45) is 0 Å². The monoisotopic (exact) mass is 239 g/mol. The second-order valence-electron chi connectivity index (χ2n) is 3.70. The first kappa shape index (κ1) is 13.2. The van der Waals surface area contributed by atoms with E-state index in [1.54, 1.807) is 35.1 Å². The molecule has 0 aliphatic carbocycles. The molecule has 1 rings (SSSR count). The summed E-state index contributed by atoms with van der Waals surface area (Å²) in [4.78, 5) is 24.2. The Morgan fingerprint density at radius 2 is 2.24 bits per heavy atom. The van der Waals surface area contributed by atoms with Gasteiger partial charge in [0.25, 0.3) is 0 Å². The van der Waals surface area contributed by atoms with Crippen LogP contribution in [-0.4, -0.2) is 47.3 Å². The molecule has 0 radical (unpaired) electrons. The van der Waals surface area contributed by atoms with Gasteiger partial charge in [0.2, 0.25) is 5.91 Å². The number of methoxy groups -OCH3 is 1. The Bertz CT molecular complexity index is 362. The molecule has 0 spiro atoms. The van der Waals surface area contributed by atoms with Crippen molar-refractivity contribution in [3.05, 3.63) is 18.5 Å². The van der Waals surface area contributed by atoms with Crippen LogP contribution in [0.4, 0.5) is 0 Å². The van der Waals surface area contributed by atoms with Crippen LogP contribution in [0.25, 0.3) is 0 Å². The van der Waals surface area contributed by atoms with Crippen LogP contribution < -0.4 is 0 Å². The summed E-state index contributed by atoms with van der Waals surface area (Å²) in [5.74, 6) is -0.281. The topological polar surface area (TPSA) is 64.4 Å². The molecule has 1 amide bonds. The molecule has 0 N–H and O–H groups in total. The summed E-state index contributed by atoms with van der Waals surface area (Å²) in [6.45, 7) is 0.761. The molecule has 17 heavy (non-hydrogen) atoms. The van der Waals surface area contributed by atoms with E-state index in [0.29, 0.717) is 19.4 Å². The van der Waals surface area contributed by atoms with Crippen molar-refractivity contribution in [2.75, 3.05) is 20.7 Å². The molecule has 94 valence electrons. The number of aromatic nitrogens is 2. The van der Waals surface area contributed by atoms with Crippen LogP contribution in [0.1, 0.15) is 12.8 Å². The van der Waals surface area contributed by atoms with Crippen molar-refractivity contribution in [1.82, 2.24) is 14.7 Å². The summed E-state index contributed by atoms with van der Waals surface area (Å²) >= 11 is 0. The molecule has 0 aliphatic heterocycles. The van der Waals surface area contributed by atoms with E-state index < -0.39 is 0 Å². The Kier molecular flexibility index (Phi) is 5.19. The van der Waals surface area contributed by atoms with E-state index in [4.69, 9.17) is 0 Å². The van der Waals surface area contributed by atoms with Crippen LogP contribution in [0.15, 0.2) is 18.5 Å². The third-order valence-corrected chi connectivity index (χ3v) is 2.38. The van der Waals surface area contributed by atoms with E-state index in [9.17, 15) is 9.59 Å². The van der Waals surface area contributed by atoms with E-state index in [0.717, 1.165) is 0 Å². The first-order valence-corrected chi connectivity index (χ1v) is 5.41. The average Bonchev–Trinajstić information content (AvgIpc) is 2.81. The zero-order chi connectivity index (χ0) is 12.7. The number of likely N-dealkylation sites (N-methyl/N-ethyl adjacent to an activating group) is 1. The lowest BCUT2D eigenvalue weighted by atomic mass is 10.3. The fraction of sp³-hybridized carbons (Fsp3) is 0.545. The normalized spacial score (nSPS) is 10.0. The van der Waals surface area contributed by atoms with E-state index in [1.165, 1.54) is 7.11 Å². The second kappa shape index (κ2) is 6.67. The molecule has 6 heteroatoms. The molecule has 0 bridgehead atoms. The summed E-state index contributed by atoms with van der Waals surface area (Å²) in [6.07, 6.45) is 4.30. The maximum absolute atomic E-state index is 11.7. The third kappa shape index (κ3) is 4.67. The standard InChI is InChI=1S/C11H17N3O3/c1-13(7-3-5-11(16)17-2)10(15)9-14-8-4-6-12-14/h4,6,8H,3,5,7,9H2,1-2H3. The summed E-state index contributed by atoms with van der Waals surface area (Å²) in [5, 5.41) is 3.96. The second-order valence-corrected chi connectivity index (χ2v) is 3.70. The molecule has 0 fully saturated rings. The highest BCUT2D eigenvalue weighted by Gasteiger charge is 2.10. The van der Waals surface area contributed by atoms with E-state index in [-0.39, 0.29) is 18.4 Å². The quantitative estimate of drug-likeness (QED) is 0.669. The molecular formula is C11H17N3O3. The van der Waals surface area contributed by atoms with E-state index in [1.807, 2.05) is 0 Å². The summed E-state index contributed by atoms with van der Waals surface area (Å²) < 4.78 is 6.09. The Morgan fingerprint density at radius 3 is 2.82 bits per heavy atom. The van der Waals surface area contributed by atoms with Crippen molar-refractivity contribution < 1.29 is 14.3 Å². The predicted octanol–water partition coefficient (Wildman–Crippen LogP) is 0.295. The minimum absolute atomic E-state index is 0.0291. The number of hydrogen-bond acceptors (Lipinski definition) is 4. The van der Waals surface area contributed by atoms with Gasteiger partial charge in [0.1, 0.15) is 6.54 Å². The lowest BCUT2D eigenvalue weighted by Gasteiger charge is -2.16. The molecule has 1 aromatic heterocycles. The van der Waals surface area contributed by atoms with Crippen molar-refractivity contribution in [2.45, 2.75) is 19.4 Å². The van der Waals surface area contributed by atoms with E-state index in [2.05, 4.69) is 9.84 Å². The van der Waals surface area contributed by atoms with Crippen LogP contribution in [0, 0.1) is 0 Å². The Balaban J connectivity index is 2.25. The highest BCUT2D eigenvalue weighted by Crippen LogP contribution is 1.97. The maximum Gasteiger partial charge on any atom is 0.305 e. The van der Waals surface area contributed by atoms with Crippen molar-refractivity contribution in [3.63, 3.8) is 0 Å². The SMILES string of the molecule is COC(=O)CCCN(C)C(=O)Cn1cccn1. The molecule has 0 saturated heterocycles. The zero-order valence-corrected chi connectivity index (χ0v) is 10.1. The number of hydrogen-bond donors (Lipinski definition) is 0. The van der Waals surface area contributed by atoms with Gasteiger partial charge in [0, 0.05) is 32.4 Å². The fourth-order valence-electron chi connectivity index (χ4n) is 1.34. The number of nitrogens with zero attached hydrogens (tertiary/aromatic N) is 3. The summed E-state index contributed by atoms with van der Waals surface area (Å²) in [7, 11) is 3.07. The lowest BCUT2D eigenvalue weighted by molar-refractivity contribution is -0.141. The largest absolute Gasteiger partial charge is 0.469 e. The molecule has 0 aliphatic rings. The molecule has 1 heterocycles.